The highest BCUT2D eigenvalue weighted by molar-refractivity contribution is 7.25. The molecule has 0 bridgehead atoms. The SMILES string of the molecule is CC1(C)c2ccccc2-c2ccc(-c3ccc4c(c3)c3cc(-c5ccc(N(c6ccc(-c7ccc8c9ccccc9c9ccccc9c8c7)cc6)c6cccc7c6oc6ccccc67)cc5)ccc3n4-c3ccccc3)cc21.c1ccc(-n2c3ccccc3c3cc(-c4ccc(N(c5ccc(-c6ccc7c8ccccc8c8ccccc8c7c6)cc5)c5ccc6sc7ccccc7c6c5)cc4)ccc32)cc1. The molecule has 5 nitrogen and oxygen atoms in total. The average molecular weight is 1810 g/mol. The van der Waals surface area contributed by atoms with Crippen molar-refractivity contribution in [3.63, 3.8) is 0 Å². The van der Waals surface area contributed by atoms with Crippen molar-refractivity contribution in [3.05, 3.63) is 509 Å². The predicted molar refractivity (Wildman–Crippen MR) is 601 cm³/mol. The van der Waals surface area contributed by atoms with Gasteiger partial charge >= 0.3 is 0 Å². The molecule has 1 aliphatic rings. The highest BCUT2D eigenvalue weighted by atomic mass is 32.1. The Labute approximate surface area is 819 Å². The van der Waals surface area contributed by atoms with Gasteiger partial charge < -0.3 is 23.4 Å². The lowest BCUT2D eigenvalue weighted by molar-refractivity contribution is 0.660. The number of benzene rings is 24. The molecule has 0 fully saturated rings. The van der Waals surface area contributed by atoms with Crippen LogP contribution in [0.2, 0.25) is 0 Å². The quantitative estimate of drug-likeness (QED) is 0.108. The number of furan rings is 1. The van der Waals surface area contributed by atoms with Crippen molar-refractivity contribution in [2.75, 3.05) is 9.80 Å². The first-order valence-electron chi connectivity index (χ1n) is 48.6. The normalized spacial score (nSPS) is 12.4. The van der Waals surface area contributed by atoms with Gasteiger partial charge in [0.2, 0.25) is 0 Å². The summed E-state index contributed by atoms with van der Waals surface area (Å²) in [5.74, 6) is 0. The van der Waals surface area contributed by atoms with E-state index in [0.29, 0.717) is 0 Å². The van der Waals surface area contributed by atoms with E-state index in [4.69, 9.17) is 4.42 Å². The monoisotopic (exact) mass is 1810 g/mol. The smallest absolute Gasteiger partial charge is 0.159 e. The molecule has 4 heterocycles. The summed E-state index contributed by atoms with van der Waals surface area (Å²) in [6.07, 6.45) is 0. The van der Waals surface area contributed by atoms with E-state index < -0.39 is 0 Å². The van der Waals surface area contributed by atoms with E-state index in [0.717, 1.165) is 78.4 Å². The first-order chi connectivity index (χ1) is 69.7. The van der Waals surface area contributed by atoms with E-state index in [1.165, 1.54) is 195 Å². The Morgan fingerprint density at radius 1 is 0.199 bits per heavy atom. The zero-order valence-electron chi connectivity index (χ0n) is 77.4. The van der Waals surface area contributed by atoms with Crippen LogP contribution < -0.4 is 9.80 Å². The lowest BCUT2D eigenvalue weighted by atomic mass is 9.81. The van der Waals surface area contributed by atoms with Crippen molar-refractivity contribution in [1.82, 2.24) is 9.13 Å². The van der Waals surface area contributed by atoms with Gasteiger partial charge in [-0.1, -0.05) is 341 Å². The molecule has 0 radical (unpaired) electrons. The molecule has 0 atom stereocenters. The number of para-hydroxylation sites is 5. The minimum absolute atomic E-state index is 0.0757. The summed E-state index contributed by atoms with van der Waals surface area (Å²) in [4.78, 5) is 4.74. The second kappa shape index (κ2) is 32.7. The minimum Gasteiger partial charge on any atom is -0.454 e. The van der Waals surface area contributed by atoms with Crippen molar-refractivity contribution in [3.8, 4) is 78.1 Å². The van der Waals surface area contributed by atoms with Crippen LogP contribution in [0.4, 0.5) is 34.1 Å². The fraction of sp³-hybridized carbons (Fsp3) is 0.0222. The number of hydrogen-bond donors (Lipinski definition) is 0. The van der Waals surface area contributed by atoms with Gasteiger partial charge in [-0.15, -0.1) is 11.3 Å². The Hall–Kier alpha value is -17.9. The van der Waals surface area contributed by atoms with Gasteiger partial charge in [0, 0.05) is 97.7 Å². The van der Waals surface area contributed by atoms with Crippen LogP contribution in [-0.2, 0) is 5.41 Å². The Kier molecular flexibility index (Phi) is 18.9. The number of anilines is 6. The van der Waals surface area contributed by atoms with E-state index in [1.54, 1.807) is 0 Å². The third kappa shape index (κ3) is 13.3. The number of hydrogen-bond acceptors (Lipinski definition) is 4. The number of nitrogens with zero attached hydrogens (tertiary/aromatic N) is 4. The molecule has 0 saturated carbocycles. The minimum atomic E-state index is -0.0757. The second-order valence-electron chi connectivity index (χ2n) is 38.1. The molecule has 0 saturated heterocycles. The Morgan fingerprint density at radius 2 is 0.532 bits per heavy atom. The highest BCUT2D eigenvalue weighted by Gasteiger charge is 2.36. The molecule has 0 unspecified atom stereocenters. The van der Waals surface area contributed by atoms with Gasteiger partial charge in [0.15, 0.2) is 5.58 Å². The molecule has 6 heteroatoms. The summed E-state index contributed by atoms with van der Waals surface area (Å²) >= 11 is 1.86. The molecular formula is C135H88N4OS. The van der Waals surface area contributed by atoms with Gasteiger partial charge in [-0.2, -0.15) is 0 Å². The van der Waals surface area contributed by atoms with Crippen molar-refractivity contribution in [2.45, 2.75) is 19.3 Å². The van der Waals surface area contributed by atoms with Crippen LogP contribution in [0.25, 0.3) is 228 Å². The maximum absolute atomic E-state index is 6.74. The number of thiophene rings is 1. The highest BCUT2D eigenvalue weighted by Crippen LogP contribution is 2.53. The first kappa shape index (κ1) is 81.4. The third-order valence-corrected chi connectivity index (χ3v) is 31.1. The van der Waals surface area contributed by atoms with Gasteiger partial charge in [0.25, 0.3) is 0 Å². The first-order valence-corrected chi connectivity index (χ1v) is 49.5. The summed E-state index contributed by atoms with van der Waals surface area (Å²) in [7, 11) is 0. The maximum Gasteiger partial charge on any atom is 0.159 e. The predicted octanol–water partition coefficient (Wildman–Crippen LogP) is 38.3. The summed E-state index contributed by atoms with van der Waals surface area (Å²) in [6.45, 7) is 4.72. The van der Waals surface area contributed by atoms with Crippen LogP contribution in [-0.4, -0.2) is 9.13 Å². The van der Waals surface area contributed by atoms with Crippen LogP contribution in [0.5, 0.6) is 0 Å². The zero-order valence-corrected chi connectivity index (χ0v) is 78.3. The molecule has 141 heavy (non-hydrogen) atoms. The molecule has 24 aromatic carbocycles. The summed E-state index contributed by atoms with van der Waals surface area (Å²) < 4.78 is 14.1. The van der Waals surface area contributed by atoms with Crippen molar-refractivity contribution in [1.29, 1.82) is 0 Å². The number of fused-ring (bicyclic) bond motifs is 27. The molecule has 0 aliphatic heterocycles. The number of aromatic nitrogens is 2. The molecule has 0 amide bonds. The standard InChI is InChI=1S/C75H50N2O.C60H38N2S/c1-75(2)68-24-12-10-21-61(68)62-40-32-52(46-69(62)75)51-34-42-71-67(45-51)66-44-50(33-41-70(66)77(71)53-15-4-3-5-16-53)48-29-37-55(38-30-48)76(72-25-14-23-64-63-22-11-13-26-73(63)78-74(64)72)54-35-27-47(28-36-54)49-31-39-60-58-19-7-6-17-56(58)57-18-8-9-20-59(57)65(60)43-49;1-2-12-43(13-3-1)62-57-20-10-8-18-52(57)55-37-42(27-34-58(55)62)40-24-30-45(31-25-40)61(46-32-35-60-56(38-46)53-19-9-11-21-59(53)63-60)44-28-22-39(23-29-44)41-26-33-51-49-16-5-4-14-47(49)48-15-6-7-17-50(48)54(51)36-41/h3-46H,1-2H3;1-38H. The second-order valence-corrected chi connectivity index (χ2v) is 39.2. The largest absolute Gasteiger partial charge is 0.454 e. The van der Waals surface area contributed by atoms with Gasteiger partial charge in [-0.3, -0.25) is 0 Å². The molecule has 28 aromatic rings. The van der Waals surface area contributed by atoms with E-state index in [1.807, 2.05) is 17.4 Å². The van der Waals surface area contributed by atoms with Crippen LogP contribution >= 0.6 is 11.3 Å². The molecule has 0 N–H and O–H groups in total. The molecular weight excluding hydrogens is 1730 g/mol. The van der Waals surface area contributed by atoms with Crippen LogP contribution in [0.15, 0.2) is 502 Å². The van der Waals surface area contributed by atoms with Crippen LogP contribution in [0, 0.1) is 0 Å². The topological polar surface area (TPSA) is 29.5 Å². The molecule has 0 spiro atoms. The average Bonchev–Trinajstić information content (AvgIpc) is 1.68. The van der Waals surface area contributed by atoms with Gasteiger partial charge in [0.1, 0.15) is 5.58 Å². The van der Waals surface area contributed by atoms with Crippen molar-refractivity contribution >= 4 is 196 Å². The molecule has 660 valence electrons. The summed E-state index contributed by atoms with van der Waals surface area (Å²) in [5.41, 5.74) is 32.5. The molecule has 4 aromatic heterocycles. The maximum atomic E-state index is 6.74. The fourth-order valence-electron chi connectivity index (χ4n) is 23.2. The van der Waals surface area contributed by atoms with E-state index in [2.05, 4.69) is 524 Å². The van der Waals surface area contributed by atoms with E-state index in [9.17, 15) is 0 Å². The molecule has 29 rings (SSSR count). The fourth-order valence-corrected chi connectivity index (χ4v) is 24.2. The summed E-state index contributed by atoms with van der Waals surface area (Å²) in [5, 5.41) is 25.1. The lowest BCUT2D eigenvalue weighted by Gasteiger charge is -2.26. The van der Waals surface area contributed by atoms with E-state index in [-0.39, 0.29) is 5.41 Å². The lowest BCUT2D eigenvalue weighted by Crippen LogP contribution is -2.14. The Bertz CT molecular complexity index is 9890. The van der Waals surface area contributed by atoms with Crippen LogP contribution in [0.1, 0.15) is 25.0 Å². The van der Waals surface area contributed by atoms with Gasteiger partial charge in [-0.05, 0) is 312 Å². The Balaban J connectivity index is 0.000000141. The Morgan fingerprint density at radius 3 is 1.04 bits per heavy atom. The van der Waals surface area contributed by atoms with Crippen LogP contribution in [0.3, 0.4) is 0 Å². The third-order valence-electron chi connectivity index (χ3n) is 29.9. The van der Waals surface area contributed by atoms with Crippen molar-refractivity contribution in [2.24, 2.45) is 0 Å². The number of rotatable bonds is 13. The van der Waals surface area contributed by atoms with Crippen molar-refractivity contribution < 1.29 is 4.42 Å². The van der Waals surface area contributed by atoms with Gasteiger partial charge in [-0.25, -0.2) is 0 Å². The van der Waals surface area contributed by atoms with E-state index >= 15 is 0 Å². The summed E-state index contributed by atoms with van der Waals surface area (Å²) in [6, 6.07) is 183. The molecule has 1 aliphatic carbocycles. The van der Waals surface area contributed by atoms with Gasteiger partial charge in [0.05, 0.1) is 27.8 Å². The zero-order chi connectivity index (χ0) is 93.1.